The Bertz CT molecular complexity index is 787. The number of carboxylic acid groups (broad SMARTS) is 1. The van der Waals surface area contributed by atoms with Gasteiger partial charge in [0.1, 0.15) is 11.8 Å². The van der Waals surface area contributed by atoms with Crippen molar-refractivity contribution in [3.05, 3.63) is 29.8 Å². The molecule has 0 aliphatic carbocycles. The van der Waals surface area contributed by atoms with Crippen molar-refractivity contribution in [2.24, 2.45) is 0 Å². The molecule has 0 aliphatic rings. The van der Waals surface area contributed by atoms with E-state index < -0.39 is 41.9 Å². The summed E-state index contributed by atoms with van der Waals surface area (Å²) in [7, 11) is 1.19. The number of carbonyl (C=O) groups excluding carboxylic acids is 4. The molecule has 0 heterocycles. The zero-order valence-corrected chi connectivity index (χ0v) is 18.1. The topological polar surface area (TPSA) is 155 Å². The van der Waals surface area contributed by atoms with Crippen molar-refractivity contribution in [1.82, 2.24) is 5.32 Å². The first-order chi connectivity index (χ1) is 15.2. The summed E-state index contributed by atoms with van der Waals surface area (Å²) in [5.41, 5.74) is 0.543. The second kappa shape index (κ2) is 13.6. The normalized spacial score (nSPS) is 11.2. The number of benzene rings is 1. The minimum atomic E-state index is -1.60. The van der Waals surface area contributed by atoms with Gasteiger partial charge in [-0.1, -0.05) is 12.1 Å². The Morgan fingerprint density at radius 1 is 0.938 bits per heavy atom. The molecule has 1 atom stereocenters. The number of ether oxygens (including phenoxy) is 4. The molecule has 0 aliphatic heterocycles. The summed E-state index contributed by atoms with van der Waals surface area (Å²) in [6.07, 6.45) is -2.00. The van der Waals surface area contributed by atoms with Gasteiger partial charge in [-0.2, -0.15) is 0 Å². The van der Waals surface area contributed by atoms with Gasteiger partial charge >= 0.3 is 23.9 Å². The Kier molecular flexibility index (Phi) is 11.2. The molecule has 0 saturated heterocycles. The van der Waals surface area contributed by atoms with Crippen LogP contribution in [0.3, 0.4) is 0 Å². The third kappa shape index (κ3) is 9.02. The average molecular weight is 453 g/mol. The number of amides is 1. The van der Waals surface area contributed by atoms with Gasteiger partial charge in [0.15, 0.2) is 0 Å². The number of hydrogen-bond acceptors (Lipinski definition) is 9. The first-order valence-electron chi connectivity index (χ1n) is 9.89. The second-order valence-electron chi connectivity index (χ2n) is 6.38. The van der Waals surface area contributed by atoms with E-state index in [0.717, 1.165) is 0 Å². The first-order valence-corrected chi connectivity index (χ1v) is 9.89. The van der Waals surface area contributed by atoms with Crippen molar-refractivity contribution >= 4 is 29.8 Å². The highest BCUT2D eigenvalue weighted by molar-refractivity contribution is 5.98. The predicted molar refractivity (Wildman–Crippen MR) is 109 cm³/mol. The van der Waals surface area contributed by atoms with Crippen molar-refractivity contribution in [3.8, 4) is 5.75 Å². The lowest BCUT2D eigenvalue weighted by molar-refractivity contribution is -0.166. The van der Waals surface area contributed by atoms with Crippen LogP contribution in [0.2, 0.25) is 0 Å². The molecule has 0 bridgehead atoms. The van der Waals surface area contributed by atoms with Gasteiger partial charge < -0.3 is 29.4 Å². The van der Waals surface area contributed by atoms with Gasteiger partial charge in [0.25, 0.3) is 6.10 Å². The fraction of sp³-hybridized carbons (Fsp3) is 0.476. The van der Waals surface area contributed by atoms with E-state index in [1.165, 1.54) is 31.4 Å². The molecule has 11 heteroatoms. The molecule has 1 rings (SSSR count). The largest absolute Gasteiger partial charge is 0.480 e. The monoisotopic (exact) mass is 453 g/mol. The van der Waals surface area contributed by atoms with Gasteiger partial charge in [0, 0.05) is 12.8 Å². The van der Waals surface area contributed by atoms with E-state index in [4.69, 9.17) is 14.2 Å². The summed E-state index contributed by atoms with van der Waals surface area (Å²) in [6.45, 7) is 3.28. The van der Waals surface area contributed by atoms with Gasteiger partial charge in [-0.3, -0.25) is 9.59 Å². The van der Waals surface area contributed by atoms with Crippen LogP contribution >= 0.6 is 0 Å². The zero-order chi connectivity index (χ0) is 24.1. The van der Waals surface area contributed by atoms with Crippen molar-refractivity contribution in [3.63, 3.8) is 0 Å². The summed E-state index contributed by atoms with van der Waals surface area (Å²) in [5, 5.41) is 11.7. The van der Waals surface area contributed by atoms with Crippen molar-refractivity contribution in [1.29, 1.82) is 0 Å². The van der Waals surface area contributed by atoms with E-state index in [-0.39, 0.29) is 38.2 Å². The summed E-state index contributed by atoms with van der Waals surface area (Å²) in [4.78, 5) is 58.4. The number of nitrogens with one attached hydrogen (secondary N) is 1. The van der Waals surface area contributed by atoms with E-state index in [0.29, 0.717) is 5.56 Å². The Morgan fingerprint density at radius 3 is 1.97 bits per heavy atom. The molecule has 0 spiro atoms. The van der Waals surface area contributed by atoms with Crippen LogP contribution in [0.25, 0.3) is 0 Å². The molecule has 176 valence electrons. The minimum Gasteiger partial charge on any atom is -0.480 e. The Labute approximate surface area is 185 Å². The maximum atomic E-state index is 12.0. The summed E-state index contributed by atoms with van der Waals surface area (Å²) >= 11 is 0. The quantitative estimate of drug-likeness (QED) is 0.247. The van der Waals surface area contributed by atoms with Crippen LogP contribution in [-0.4, -0.2) is 67.4 Å². The zero-order valence-electron chi connectivity index (χ0n) is 18.1. The second-order valence-corrected chi connectivity index (χ2v) is 6.38. The molecule has 11 nitrogen and oxygen atoms in total. The molecular weight excluding hydrogens is 426 g/mol. The van der Waals surface area contributed by atoms with E-state index >= 15 is 0 Å². The van der Waals surface area contributed by atoms with Crippen LogP contribution in [0.15, 0.2) is 24.3 Å². The summed E-state index contributed by atoms with van der Waals surface area (Å²) < 4.78 is 19.5. The number of esters is 3. The fourth-order valence-corrected chi connectivity index (χ4v) is 2.49. The lowest BCUT2D eigenvalue weighted by Gasteiger charge is -2.17. The van der Waals surface area contributed by atoms with E-state index in [2.05, 4.69) is 10.1 Å². The van der Waals surface area contributed by atoms with Crippen LogP contribution in [0.5, 0.6) is 5.75 Å². The van der Waals surface area contributed by atoms with Crippen LogP contribution in [0.4, 0.5) is 0 Å². The Morgan fingerprint density at radius 2 is 1.50 bits per heavy atom. The fourth-order valence-electron chi connectivity index (χ4n) is 2.49. The van der Waals surface area contributed by atoms with E-state index in [1.54, 1.807) is 13.8 Å². The maximum absolute atomic E-state index is 12.0. The standard InChI is InChI=1S/C21H27NO10/c1-4-30-20(27)18(21(28)31-5-2)32-14-8-6-13(7-9-14)12-15(19(25)26)22-16(23)10-11-17(24)29-3/h6-9,15,18H,4-5,10-12H2,1-3H3,(H,22,23)(H,25,26)/t15-/m0/s1. The number of rotatable bonds is 13. The van der Waals surface area contributed by atoms with Gasteiger partial charge in [-0.05, 0) is 31.5 Å². The number of carboxylic acids is 1. The molecule has 1 aromatic carbocycles. The van der Waals surface area contributed by atoms with Crippen LogP contribution in [0.1, 0.15) is 32.3 Å². The summed E-state index contributed by atoms with van der Waals surface area (Å²) in [6, 6.07) is 4.72. The highest BCUT2D eigenvalue weighted by Crippen LogP contribution is 2.16. The molecule has 1 amide bonds. The number of aliphatic carboxylic acids is 1. The molecule has 0 saturated carbocycles. The Hall–Kier alpha value is -3.63. The highest BCUT2D eigenvalue weighted by atomic mass is 16.6. The van der Waals surface area contributed by atoms with Crippen molar-refractivity contribution in [2.45, 2.75) is 45.3 Å². The third-order valence-corrected chi connectivity index (χ3v) is 4.04. The molecule has 0 fully saturated rings. The first kappa shape index (κ1) is 26.4. The molecule has 0 aromatic heterocycles. The maximum Gasteiger partial charge on any atom is 0.359 e. The Balaban J connectivity index is 2.80. The van der Waals surface area contributed by atoms with Crippen LogP contribution in [-0.2, 0) is 44.6 Å². The van der Waals surface area contributed by atoms with Gasteiger partial charge in [0.05, 0.1) is 26.7 Å². The SMILES string of the molecule is CCOC(=O)C(Oc1ccc(C[C@H](NC(=O)CCC(=O)OC)C(=O)O)cc1)C(=O)OCC. The van der Waals surface area contributed by atoms with E-state index in [9.17, 15) is 29.1 Å². The average Bonchev–Trinajstić information content (AvgIpc) is 2.76. The minimum absolute atomic E-state index is 0.0429. The van der Waals surface area contributed by atoms with Crippen LogP contribution < -0.4 is 10.1 Å². The smallest absolute Gasteiger partial charge is 0.359 e. The van der Waals surface area contributed by atoms with Crippen molar-refractivity contribution < 1.29 is 48.0 Å². The molecule has 32 heavy (non-hydrogen) atoms. The lowest BCUT2D eigenvalue weighted by atomic mass is 10.1. The lowest BCUT2D eigenvalue weighted by Crippen LogP contribution is -2.42. The number of hydrogen-bond donors (Lipinski definition) is 2. The van der Waals surface area contributed by atoms with Gasteiger partial charge in [-0.25, -0.2) is 14.4 Å². The molecule has 2 N–H and O–H groups in total. The van der Waals surface area contributed by atoms with Crippen molar-refractivity contribution in [2.75, 3.05) is 20.3 Å². The molecule has 1 aromatic rings. The number of carbonyl (C=O) groups is 5. The van der Waals surface area contributed by atoms with Gasteiger partial charge in [-0.15, -0.1) is 0 Å². The molecule has 0 unspecified atom stereocenters. The molecular formula is C21H27NO10. The predicted octanol–water partition coefficient (Wildman–Crippen LogP) is 0.625. The highest BCUT2D eigenvalue weighted by Gasteiger charge is 2.32. The van der Waals surface area contributed by atoms with Crippen LogP contribution in [0, 0.1) is 0 Å². The molecule has 0 radical (unpaired) electrons. The third-order valence-electron chi connectivity index (χ3n) is 4.04. The van der Waals surface area contributed by atoms with Gasteiger partial charge in [0.2, 0.25) is 5.91 Å². The summed E-state index contributed by atoms with van der Waals surface area (Å²) in [5.74, 6) is -4.05. The van der Waals surface area contributed by atoms with E-state index in [1.807, 2.05) is 0 Å². The number of methoxy groups -OCH3 is 1.